The first-order chi connectivity index (χ1) is 9.83. The Hall–Kier alpha value is -0.860. The first-order valence-corrected chi connectivity index (χ1v) is 8.23. The molecule has 2 heterocycles. The Morgan fingerprint density at radius 2 is 2.20 bits per heavy atom. The second-order valence-corrected chi connectivity index (χ2v) is 6.23. The van der Waals surface area contributed by atoms with Crippen LogP contribution < -0.4 is 0 Å². The summed E-state index contributed by atoms with van der Waals surface area (Å²) in [5, 5.41) is 20.3. The number of aliphatic hydroxyl groups excluding tert-OH is 2. The molecule has 3 nitrogen and oxygen atoms in total. The minimum absolute atomic E-state index is 0.121. The van der Waals surface area contributed by atoms with Crippen LogP contribution in [0.5, 0.6) is 0 Å². The Balaban J connectivity index is 1.96. The predicted molar refractivity (Wildman–Crippen MR) is 82.7 cm³/mol. The summed E-state index contributed by atoms with van der Waals surface area (Å²) in [4.78, 5) is 3.71. The monoisotopic (exact) mass is 293 g/mol. The van der Waals surface area contributed by atoms with Crippen molar-refractivity contribution in [2.45, 2.75) is 44.7 Å². The van der Waals surface area contributed by atoms with Gasteiger partial charge in [0.15, 0.2) is 0 Å². The molecule has 0 aliphatic carbocycles. The lowest BCUT2D eigenvalue weighted by molar-refractivity contribution is 0.119. The molecule has 2 rings (SSSR count). The van der Waals surface area contributed by atoms with Crippen LogP contribution in [0.1, 0.15) is 42.5 Å². The van der Waals surface area contributed by atoms with E-state index in [0.29, 0.717) is 12.5 Å². The van der Waals surface area contributed by atoms with Crippen LogP contribution >= 0.6 is 11.3 Å². The zero-order valence-corrected chi connectivity index (χ0v) is 12.7. The number of rotatable bonds is 4. The van der Waals surface area contributed by atoms with E-state index >= 15 is 0 Å². The lowest BCUT2D eigenvalue weighted by atomic mass is 10.1. The number of aliphatic hydroxyl groups is 2. The van der Waals surface area contributed by atoms with E-state index < -0.39 is 0 Å². The molecule has 2 N–H and O–H groups in total. The van der Waals surface area contributed by atoms with Crippen LogP contribution in [0.3, 0.4) is 0 Å². The van der Waals surface area contributed by atoms with Gasteiger partial charge < -0.3 is 10.2 Å². The summed E-state index contributed by atoms with van der Waals surface area (Å²) in [5.41, 5.74) is 1.04. The molecule has 0 amide bonds. The van der Waals surface area contributed by atoms with Crippen molar-refractivity contribution in [3.05, 3.63) is 21.9 Å². The van der Waals surface area contributed by atoms with Crippen LogP contribution in [0, 0.1) is 11.8 Å². The van der Waals surface area contributed by atoms with Gasteiger partial charge in [0, 0.05) is 34.8 Å². The average molecular weight is 293 g/mol. The molecule has 1 unspecified atom stereocenters. The zero-order valence-electron chi connectivity index (χ0n) is 11.8. The van der Waals surface area contributed by atoms with E-state index in [2.05, 4.69) is 28.2 Å². The van der Waals surface area contributed by atoms with Crippen molar-refractivity contribution < 1.29 is 10.2 Å². The second-order valence-electron chi connectivity index (χ2n) is 5.23. The first-order valence-electron chi connectivity index (χ1n) is 7.35. The second kappa shape index (κ2) is 8.43. The molecule has 1 atom stereocenters. The maximum atomic E-state index is 9.53. The van der Waals surface area contributed by atoms with Crippen LogP contribution in [0.15, 0.2) is 11.4 Å². The number of likely N-dealkylation sites (tertiary alicyclic amines) is 1. The van der Waals surface area contributed by atoms with Crippen molar-refractivity contribution in [3.8, 4) is 11.8 Å². The summed E-state index contributed by atoms with van der Waals surface area (Å²) < 4.78 is 0. The summed E-state index contributed by atoms with van der Waals surface area (Å²) in [6.45, 7) is 2.37. The third-order valence-electron chi connectivity index (χ3n) is 3.69. The molecule has 110 valence electrons. The Bertz CT molecular complexity index is 461. The van der Waals surface area contributed by atoms with Gasteiger partial charge in [-0.1, -0.05) is 24.7 Å². The largest absolute Gasteiger partial charge is 0.395 e. The third kappa shape index (κ3) is 4.60. The fraction of sp³-hybridized carbons (Fsp3) is 0.625. The van der Waals surface area contributed by atoms with Gasteiger partial charge in [0.05, 0.1) is 13.2 Å². The van der Waals surface area contributed by atoms with Crippen molar-refractivity contribution in [2.75, 3.05) is 19.8 Å². The van der Waals surface area contributed by atoms with Crippen LogP contribution in [-0.2, 0) is 6.54 Å². The maximum Gasteiger partial charge on any atom is 0.0587 e. The Kier molecular flexibility index (Phi) is 6.55. The Morgan fingerprint density at radius 3 is 3.00 bits per heavy atom. The van der Waals surface area contributed by atoms with Crippen LogP contribution in [0.25, 0.3) is 0 Å². The fourth-order valence-corrected chi connectivity index (χ4v) is 3.44. The molecule has 20 heavy (non-hydrogen) atoms. The fourth-order valence-electron chi connectivity index (χ4n) is 2.60. The zero-order chi connectivity index (χ0) is 14.2. The van der Waals surface area contributed by atoms with Gasteiger partial charge in [-0.05, 0) is 25.5 Å². The summed E-state index contributed by atoms with van der Waals surface area (Å²) in [6, 6.07) is 2.44. The highest BCUT2D eigenvalue weighted by molar-refractivity contribution is 7.10. The molecule has 1 aromatic heterocycles. The van der Waals surface area contributed by atoms with E-state index in [1.165, 1.54) is 24.1 Å². The SMILES string of the molecule is OCCC#Cc1csc(CN2CCCCCC2CO)c1. The van der Waals surface area contributed by atoms with E-state index in [1.807, 2.05) is 0 Å². The minimum Gasteiger partial charge on any atom is -0.395 e. The van der Waals surface area contributed by atoms with Gasteiger partial charge in [0.25, 0.3) is 0 Å². The summed E-state index contributed by atoms with van der Waals surface area (Å²) in [6.07, 6.45) is 5.36. The van der Waals surface area contributed by atoms with Crippen molar-refractivity contribution in [3.63, 3.8) is 0 Å². The molecule has 0 radical (unpaired) electrons. The van der Waals surface area contributed by atoms with Crippen molar-refractivity contribution in [1.82, 2.24) is 4.90 Å². The molecule has 1 aliphatic rings. The molecule has 4 heteroatoms. The molecule has 0 saturated carbocycles. The van der Waals surface area contributed by atoms with E-state index in [9.17, 15) is 5.11 Å². The Labute approximate surface area is 125 Å². The maximum absolute atomic E-state index is 9.53. The van der Waals surface area contributed by atoms with Gasteiger partial charge >= 0.3 is 0 Å². The molecule has 1 aromatic rings. The summed E-state index contributed by atoms with van der Waals surface area (Å²) in [5.74, 6) is 6.02. The highest BCUT2D eigenvalue weighted by atomic mass is 32.1. The van der Waals surface area contributed by atoms with Crippen molar-refractivity contribution in [1.29, 1.82) is 0 Å². The molecular weight excluding hydrogens is 270 g/mol. The van der Waals surface area contributed by atoms with E-state index in [4.69, 9.17) is 5.11 Å². The number of hydrogen-bond acceptors (Lipinski definition) is 4. The minimum atomic E-state index is 0.121. The molecule has 1 aliphatic heterocycles. The molecule has 0 bridgehead atoms. The molecule has 0 spiro atoms. The highest BCUT2D eigenvalue weighted by Crippen LogP contribution is 2.22. The van der Waals surface area contributed by atoms with Gasteiger partial charge in [0.2, 0.25) is 0 Å². The third-order valence-corrected chi connectivity index (χ3v) is 4.61. The lowest BCUT2D eigenvalue weighted by Crippen LogP contribution is -2.36. The molecule has 0 aromatic carbocycles. The van der Waals surface area contributed by atoms with E-state index in [0.717, 1.165) is 25.1 Å². The number of thiophene rings is 1. The van der Waals surface area contributed by atoms with Crippen LogP contribution in [0.2, 0.25) is 0 Å². The van der Waals surface area contributed by atoms with Gasteiger partial charge in [-0.15, -0.1) is 11.3 Å². The van der Waals surface area contributed by atoms with Gasteiger partial charge in [-0.25, -0.2) is 0 Å². The quantitative estimate of drug-likeness (QED) is 0.837. The standard InChI is InChI=1S/C16H23NO2S/c18-9-5-3-6-14-10-16(20-13-14)11-17-8-4-1-2-7-15(17)12-19/h10,13,15,18-19H,1-2,4-5,7-9,11-12H2. The van der Waals surface area contributed by atoms with E-state index in [-0.39, 0.29) is 13.2 Å². The van der Waals surface area contributed by atoms with Crippen LogP contribution in [-0.4, -0.2) is 40.9 Å². The van der Waals surface area contributed by atoms with Crippen LogP contribution in [0.4, 0.5) is 0 Å². The van der Waals surface area contributed by atoms with Gasteiger partial charge in [-0.2, -0.15) is 0 Å². The van der Waals surface area contributed by atoms with Crippen molar-refractivity contribution >= 4 is 11.3 Å². The first kappa shape index (κ1) is 15.5. The van der Waals surface area contributed by atoms with E-state index in [1.54, 1.807) is 11.3 Å². The summed E-state index contributed by atoms with van der Waals surface area (Å²) in [7, 11) is 0. The van der Waals surface area contributed by atoms with Crippen molar-refractivity contribution in [2.24, 2.45) is 0 Å². The summed E-state index contributed by atoms with van der Waals surface area (Å²) >= 11 is 1.73. The predicted octanol–water partition coefficient (Wildman–Crippen LogP) is 2.22. The topological polar surface area (TPSA) is 43.7 Å². The number of hydrogen-bond donors (Lipinski definition) is 2. The number of nitrogens with zero attached hydrogens (tertiary/aromatic N) is 1. The average Bonchev–Trinajstić information content (AvgIpc) is 2.77. The van der Waals surface area contributed by atoms with Gasteiger partial charge in [-0.3, -0.25) is 4.90 Å². The van der Waals surface area contributed by atoms with Gasteiger partial charge in [0.1, 0.15) is 0 Å². The normalized spacial score (nSPS) is 20.2. The Morgan fingerprint density at radius 1 is 1.30 bits per heavy atom. The molecular formula is C16H23NO2S. The molecule has 1 fully saturated rings. The highest BCUT2D eigenvalue weighted by Gasteiger charge is 2.20. The smallest absolute Gasteiger partial charge is 0.0587 e. The lowest BCUT2D eigenvalue weighted by Gasteiger charge is -2.27. The molecule has 1 saturated heterocycles.